The van der Waals surface area contributed by atoms with Gasteiger partial charge in [0, 0.05) is 38.6 Å². The molecule has 1 atom stereocenters. The Morgan fingerprint density at radius 1 is 1.23 bits per heavy atom. The summed E-state index contributed by atoms with van der Waals surface area (Å²) in [6.07, 6.45) is 0.195. The van der Waals surface area contributed by atoms with Crippen LogP contribution < -0.4 is 10.0 Å². The number of carboxylic acids is 1. The first-order chi connectivity index (χ1) is 12.5. The van der Waals surface area contributed by atoms with E-state index >= 15 is 0 Å². The van der Waals surface area contributed by atoms with Crippen LogP contribution in [0.1, 0.15) is 35.7 Å². The third-order valence-electron chi connectivity index (χ3n) is 4.31. The van der Waals surface area contributed by atoms with Crippen LogP contribution in [0.3, 0.4) is 0 Å². The molecule has 136 valence electrons. The smallest absolute Gasteiger partial charge is 0.243 e. The zero-order chi connectivity index (χ0) is 18.7. The molecule has 1 aliphatic rings. The number of carbonyl (C=O) groups excluding carboxylic acids is 2. The van der Waals surface area contributed by atoms with Crippen molar-refractivity contribution >= 4 is 34.6 Å². The summed E-state index contributed by atoms with van der Waals surface area (Å²) in [7, 11) is 3.94. The number of hydrogen-bond acceptors (Lipinski definition) is 6. The van der Waals surface area contributed by atoms with Gasteiger partial charge in [0.25, 0.3) is 0 Å². The van der Waals surface area contributed by atoms with Crippen molar-refractivity contribution in [2.45, 2.75) is 25.3 Å². The van der Waals surface area contributed by atoms with Crippen LogP contribution in [-0.2, 0) is 9.59 Å². The van der Waals surface area contributed by atoms with E-state index in [2.05, 4.69) is 5.10 Å². The van der Waals surface area contributed by atoms with E-state index in [-0.39, 0.29) is 24.8 Å². The van der Waals surface area contributed by atoms with Crippen molar-refractivity contribution in [1.82, 2.24) is 5.01 Å². The Morgan fingerprint density at radius 3 is 2.54 bits per heavy atom. The van der Waals surface area contributed by atoms with E-state index in [1.54, 1.807) is 11.3 Å². The first kappa shape index (κ1) is 18.1. The quantitative estimate of drug-likeness (QED) is 0.780. The van der Waals surface area contributed by atoms with Gasteiger partial charge >= 0.3 is 0 Å². The molecule has 0 saturated carbocycles. The highest BCUT2D eigenvalue weighted by Crippen LogP contribution is 2.35. The van der Waals surface area contributed by atoms with E-state index in [9.17, 15) is 14.7 Å². The van der Waals surface area contributed by atoms with Crippen molar-refractivity contribution in [1.29, 1.82) is 0 Å². The number of benzene rings is 1. The zero-order valence-electron chi connectivity index (χ0n) is 14.7. The lowest BCUT2D eigenvalue weighted by molar-refractivity contribution is -0.305. The monoisotopic (exact) mass is 370 g/mol. The van der Waals surface area contributed by atoms with E-state index in [1.165, 1.54) is 5.01 Å². The van der Waals surface area contributed by atoms with E-state index in [4.69, 9.17) is 0 Å². The van der Waals surface area contributed by atoms with Crippen LogP contribution in [-0.4, -0.2) is 36.7 Å². The van der Waals surface area contributed by atoms with E-state index in [0.717, 1.165) is 21.8 Å². The second kappa shape index (κ2) is 7.70. The predicted octanol–water partition coefficient (Wildman–Crippen LogP) is 2.02. The zero-order valence-corrected chi connectivity index (χ0v) is 15.5. The molecular formula is C19H20N3O3S-. The topological polar surface area (TPSA) is 76.0 Å². The van der Waals surface area contributed by atoms with Crippen LogP contribution in [0.25, 0.3) is 0 Å². The fourth-order valence-corrected chi connectivity index (χ4v) is 3.63. The van der Waals surface area contributed by atoms with Gasteiger partial charge in [-0.15, -0.1) is 11.3 Å². The average molecular weight is 370 g/mol. The van der Waals surface area contributed by atoms with Gasteiger partial charge in [-0.2, -0.15) is 5.10 Å². The number of carboxylic acid groups (broad SMARTS) is 1. The number of nitrogens with zero attached hydrogens (tertiary/aromatic N) is 3. The second-order valence-electron chi connectivity index (χ2n) is 6.34. The van der Waals surface area contributed by atoms with Gasteiger partial charge in [-0.25, -0.2) is 5.01 Å². The summed E-state index contributed by atoms with van der Waals surface area (Å²) in [6.45, 7) is 0. The lowest BCUT2D eigenvalue weighted by Gasteiger charge is -2.23. The van der Waals surface area contributed by atoms with Crippen molar-refractivity contribution in [3.05, 3.63) is 52.2 Å². The minimum atomic E-state index is -1.23. The molecule has 0 saturated heterocycles. The van der Waals surface area contributed by atoms with Gasteiger partial charge in [0.1, 0.15) is 0 Å². The fraction of sp³-hybridized carbons (Fsp3) is 0.316. The maximum absolute atomic E-state index is 12.5. The molecule has 7 heteroatoms. The molecule has 0 bridgehead atoms. The number of amides is 1. The summed E-state index contributed by atoms with van der Waals surface area (Å²) in [5, 5.41) is 18.6. The van der Waals surface area contributed by atoms with Gasteiger partial charge in [0.15, 0.2) is 0 Å². The highest BCUT2D eigenvalue weighted by Gasteiger charge is 2.33. The fourth-order valence-electron chi connectivity index (χ4n) is 2.91. The Hall–Kier alpha value is -2.67. The summed E-state index contributed by atoms with van der Waals surface area (Å²) in [5.74, 6) is -1.53. The molecule has 0 N–H and O–H groups in total. The first-order valence-electron chi connectivity index (χ1n) is 8.36. The number of hydrogen-bond donors (Lipinski definition) is 0. The van der Waals surface area contributed by atoms with Gasteiger partial charge in [-0.3, -0.25) is 4.79 Å². The Labute approximate surface area is 156 Å². The number of carbonyl (C=O) groups is 2. The summed E-state index contributed by atoms with van der Waals surface area (Å²) in [5.41, 5.74) is 2.90. The molecular weight excluding hydrogens is 350 g/mol. The average Bonchev–Trinajstić information content (AvgIpc) is 3.29. The minimum Gasteiger partial charge on any atom is -0.550 e. The SMILES string of the molecule is CN(C)c1ccc([C@H]2CC(c3cccs3)=NN2C(=O)CCC(=O)[O-])cc1. The molecule has 3 rings (SSSR count). The highest BCUT2D eigenvalue weighted by molar-refractivity contribution is 7.12. The third kappa shape index (κ3) is 3.94. The van der Waals surface area contributed by atoms with Crippen LogP contribution in [0.2, 0.25) is 0 Å². The maximum atomic E-state index is 12.5. The van der Waals surface area contributed by atoms with Crippen LogP contribution in [0, 0.1) is 0 Å². The molecule has 1 amide bonds. The largest absolute Gasteiger partial charge is 0.550 e. The van der Waals surface area contributed by atoms with Crippen LogP contribution in [0.4, 0.5) is 5.69 Å². The van der Waals surface area contributed by atoms with Gasteiger partial charge in [0.05, 0.1) is 16.6 Å². The predicted molar refractivity (Wildman–Crippen MR) is 100 cm³/mol. The highest BCUT2D eigenvalue weighted by atomic mass is 32.1. The first-order valence-corrected chi connectivity index (χ1v) is 9.24. The molecule has 26 heavy (non-hydrogen) atoms. The molecule has 2 heterocycles. The molecule has 0 aliphatic carbocycles. The van der Waals surface area contributed by atoms with Crippen LogP contribution in [0.5, 0.6) is 0 Å². The summed E-state index contributed by atoms with van der Waals surface area (Å²) in [4.78, 5) is 26.3. The maximum Gasteiger partial charge on any atom is 0.243 e. The van der Waals surface area contributed by atoms with Crippen molar-refractivity contribution in [3.8, 4) is 0 Å². The molecule has 0 spiro atoms. The third-order valence-corrected chi connectivity index (χ3v) is 5.23. The van der Waals surface area contributed by atoms with Crippen molar-refractivity contribution in [2.24, 2.45) is 5.10 Å². The van der Waals surface area contributed by atoms with Crippen molar-refractivity contribution in [3.63, 3.8) is 0 Å². The summed E-state index contributed by atoms with van der Waals surface area (Å²) >= 11 is 1.58. The van der Waals surface area contributed by atoms with Crippen molar-refractivity contribution in [2.75, 3.05) is 19.0 Å². The number of hydrazone groups is 1. The van der Waals surface area contributed by atoms with Gasteiger partial charge in [0.2, 0.25) is 5.91 Å². The lowest BCUT2D eigenvalue weighted by Crippen LogP contribution is -2.29. The lowest BCUT2D eigenvalue weighted by atomic mass is 10.0. The molecule has 0 fully saturated rings. The van der Waals surface area contributed by atoms with Crippen LogP contribution in [0.15, 0.2) is 46.9 Å². The number of aliphatic carboxylic acids is 1. The van der Waals surface area contributed by atoms with Crippen LogP contribution >= 0.6 is 11.3 Å². The van der Waals surface area contributed by atoms with E-state index < -0.39 is 5.97 Å². The molecule has 2 aromatic rings. The van der Waals surface area contributed by atoms with Crippen molar-refractivity contribution < 1.29 is 14.7 Å². The normalized spacial score (nSPS) is 16.5. The molecule has 1 aliphatic heterocycles. The number of anilines is 1. The molecule has 1 aromatic carbocycles. The van der Waals surface area contributed by atoms with E-state index in [0.29, 0.717) is 6.42 Å². The molecule has 1 aromatic heterocycles. The van der Waals surface area contributed by atoms with Gasteiger partial charge in [-0.05, 0) is 35.6 Å². The molecule has 0 unspecified atom stereocenters. The standard InChI is InChI=1S/C19H21N3O3S/c1-21(2)14-7-5-13(6-8-14)16-12-15(17-4-3-11-26-17)20-22(16)18(23)9-10-19(24)25/h3-8,11,16H,9-10,12H2,1-2H3,(H,24,25)/p-1/t16-/m1/s1. The summed E-state index contributed by atoms with van der Waals surface area (Å²) < 4.78 is 0. The summed E-state index contributed by atoms with van der Waals surface area (Å²) in [6, 6.07) is 11.7. The Kier molecular flexibility index (Phi) is 5.37. The second-order valence-corrected chi connectivity index (χ2v) is 7.29. The number of thiophene rings is 1. The Balaban J connectivity index is 1.86. The minimum absolute atomic E-state index is 0.115. The van der Waals surface area contributed by atoms with Gasteiger partial charge < -0.3 is 14.8 Å². The molecule has 6 nitrogen and oxygen atoms in total. The Bertz CT molecular complexity index is 813. The Morgan fingerprint density at radius 2 is 1.96 bits per heavy atom. The molecule has 0 radical (unpaired) electrons. The van der Waals surface area contributed by atoms with E-state index in [1.807, 2.05) is 60.8 Å². The van der Waals surface area contributed by atoms with Gasteiger partial charge in [-0.1, -0.05) is 18.2 Å². The number of rotatable bonds is 6.